The summed E-state index contributed by atoms with van der Waals surface area (Å²) >= 11 is 0. The molecule has 0 aliphatic carbocycles. The third kappa shape index (κ3) is 4.40. The molecule has 0 heterocycles. The van der Waals surface area contributed by atoms with Gasteiger partial charge in [0.1, 0.15) is 5.82 Å². The van der Waals surface area contributed by atoms with Crippen LogP contribution in [0.2, 0.25) is 0 Å². The van der Waals surface area contributed by atoms with Crippen LogP contribution < -0.4 is 0 Å². The van der Waals surface area contributed by atoms with Crippen molar-refractivity contribution in [2.24, 2.45) is 0 Å². The van der Waals surface area contributed by atoms with E-state index in [1.807, 2.05) is 13.8 Å². The molecule has 0 saturated carbocycles. The molecule has 0 fully saturated rings. The summed E-state index contributed by atoms with van der Waals surface area (Å²) < 4.78 is 69.6. The average Bonchev–Trinajstić information content (AvgIpc) is 2.43. The van der Waals surface area contributed by atoms with Crippen molar-refractivity contribution < 1.29 is 26.7 Å². The van der Waals surface area contributed by atoms with Crippen LogP contribution in [-0.4, -0.2) is 19.5 Å². The van der Waals surface area contributed by atoms with E-state index in [2.05, 4.69) is 0 Å². The Morgan fingerprint density at radius 1 is 1.19 bits per heavy atom. The van der Waals surface area contributed by atoms with Gasteiger partial charge in [0, 0.05) is 13.5 Å². The highest BCUT2D eigenvalue weighted by Crippen LogP contribution is 2.38. The topological polar surface area (TPSA) is 9.23 Å². The zero-order valence-corrected chi connectivity index (χ0v) is 12.2. The van der Waals surface area contributed by atoms with Gasteiger partial charge in [-0.1, -0.05) is 19.9 Å². The maximum absolute atomic E-state index is 13.4. The molecular formula is C15H19F5O. The predicted molar refractivity (Wildman–Crippen MR) is 70.4 cm³/mol. The summed E-state index contributed by atoms with van der Waals surface area (Å²) in [6.45, 7) is 3.75. The van der Waals surface area contributed by atoms with Crippen LogP contribution in [0.4, 0.5) is 22.0 Å². The first-order chi connectivity index (χ1) is 9.72. The Kier molecular flexibility index (Phi) is 6.13. The van der Waals surface area contributed by atoms with Crippen LogP contribution in [0.5, 0.6) is 0 Å². The van der Waals surface area contributed by atoms with Crippen LogP contribution in [0, 0.1) is 5.82 Å². The molecular weight excluding hydrogens is 291 g/mol. The molecule has 21 heavy (non-hydrogen) atoms. The van der Waals surface area contributed by atoms with Gasteiger partial charge in [0.05, 0.1) is 6.10 Å². The number of hydrogen-bond donors (Lipinski definition) is 0. The van der Waals surface area contributed by atoms with Gasteiger partial charge in [-0.3, -0.25) is 0 Å². The molecule has 0 aliphatic heterocycles. The van der Waals surface area contributed by atoms with E-state index in [4.69, 9.17) is 4.74 Å². The smallest absolute Gasteiger partial charge is 0.310 e. The van der Waals surface area contributed by atoms with Crippen molar-refractivity contribution in [2.75, 3.05) is 7.11 Å². The molecule has 0 saturated heterocycles. The third-order valence-corrected chi connectivity index (χ3v) is 3.60. The van der Waals surface area contributed by atoms with E-state index < -0.39 is 30.7 Å². The zero-order valence-electron chi connectivity index (χ0n) is 12.2. The molecule has 120 valence electrons. The standard InChI is InChI=1S/C15H19F5O/c1-4-9(2)11-6-5-10(16)7-12(11)13(21-3)8-15(19,20)14(17)18/h5-7,9,13-14H,4,8H2,1-3H3. The number of benzene rings is 1. The van der Waals surface area contributed by atoms with Gasteiger partial charge in [0.25, 0.3) is 0 Å². The SMILES string of the molecule is CCC(C)c1ccc(F)cc1C(CC(F)(F)C(F)F)OC. The number of methoxy groups -OCH3 is 1. The fourth-order valence-corrected chi connectivity index (χ4v) is 2.15. The van der Waals surface area contributed by atoms with Gasteiger partial charge in [-0.25, -0.2) is 22.0 Å². The van der Waals surface area contributed by atoms with E-state index in [0.717, 1.165) is 13.2 Å². The summed E-state index contributed by atoms with van der Waals surface area (Å²) in [5.41, 5.74) is 0.836. The van der Waals surface area contributed by atoms with Gasteiger partial charge in [-0.05, 0) is 35.6 Å². The van der Waals surface area contributed by atoms with Crippen molar-refractivity contribution in [2.45, 2.75) is 51.1 Å². The summed E-state index contributed by atoms with van der Waals surface area (Å²) in [6, 6.07) is 3.80. The Morgan fingerprint density at radius 2 is 1.81 bits per heavy atom. The number of ether oxygens (including phenoxy) is 1. The van der Waals surface area contributed by atoms with Gasteiger partial charge in [0.2, 0.25) is 0 Å². The molecule has 1 nitrogen and oxygen atoms in total. The van der Waals surface area contributed by atoms with Gasteiger partial charge < -0.3 is 4.74 Å². The first kappa shape index (κ1) is 17.9. The van der Waals surface area contributed by atoms with Crippen LogP contribution in [0.15, 0.2) is 18.2 Å². The fourth-order valence-electron chi connectivity index (χ4n) is 2.15. The Morgan fingerprint density at radius 3 is 2.29 bits per heavy atom. The lowest BCUT2D eigenvalue weighted by molar-refractivity contribution is -0.152. The first-order valence-electron chi connectivity index (χ1n) is 6.71. The Hall–Kier alpha value is -1.17. The molecule has 6 heteroatoms. The maximum Gasteiger partial charge on any atom is 0.310 e. The van der Waals surface area contributed by atoms with Crippen molar-refractivity contribution in [3.63, 3.8) is 0 Å². The molecule has 0 aromatic heterocycles. The minimum absolute atomic E-state index is 0.0153. The lowest BCUT2D eigenvalue weighted by Crippen LogP contribution is -2.29. The van der Waals surface area contributed by atoms with Crippen molar-refractivity contribution in [3.05, 3.63) is 35.1 Å². The number of hydrogen-bond acceptors (Lipinski definition) is 1. The molecule has 2 unspecified atom stereocenters. The highest BCUT2D eigenvalue weighted by atomic mass is 19.3. The molecule has 0 spiro atoms. The highest BCUT2D eigenvalue weighted by molar-refractivity contribution is 5.33. The first-order valence-corrected chi connectivity index (χ1v) is 6.71. The lowest BCUT2D eigenvalue weighted by Gasteiger charge is -2.25. The van der Waals surface area contributed by atoms with Gasteiger partial charge in [-0.2, -0.15) is 0 Å². The van der Waals surface area contributed by atoms with Gasteiger partial charge in [0.15, 0.2) is 0 Å². The molecule has 1 rings (SSSR count). The lowest BCUT2D eigenvalue weighted by atomic mass is 9.89. The minimum Gasteiger partial charge on any atom is -0.377 e. The Bertz CT molecular complexity index is 461. The van der Waals surface area contributed by atoms with E-state index in [9.17, 15) is 22.0 Å². The van der Waals surface area contributed by atoms with E-state index in [0.29, 0.717) is 12.0 Å². The zero-order chi connectivity index (χ0) is 16.2. The summed E-state index contributed by atoms with van der Waals surface area (Å²) in [4.78, 5) is 0. The van der Waals surface area contributed by atoms with Crippen molar-refractivity contribution in [3.8, 4) is 0 Å². The average molecular weight is 310 g/mol. The predicted octanol–water partition coefficient (Wildman–Crippen LogP) is 5.32. The maximum atomic E-state index is 13.4. The number of alkyl halides is 4. The Balaban J connectivity index is 3.18. The molecule has 1 aromatic carbocycles. The molecule has 0 N–H and O–H groups in total. The quantitative estimate of drug-likeness (QED) is 0.620. The van der Waals surface area contributed by atoms with Gasteiger partial charge in [-0.15, -0.1) is 0 Å². The van der Waals surface area contributed by atoms with E-state index in [1.54, 1.807) is 0 Å². The van der Waals surface area contributed by atoms with Crippen molar-refractivity contribution >= 4 is 0 Å². The van der Waals surface area contributed by atoms with Crippen LogP contribution >= 0.6 is 0 Å². The van der Waals surface area contributed by atoms with E-state index in [-0.39, 0.29) is 11.5 Å². The Labute approximate surface area is 121 Å². The summed E-state index contributed by atoms with van der Waals surface area (Å²) in [5, 5.41) is 0. The molecule has 0 aliphatic rings. The van der Waals surface area contributed by atoms with Crippen LogP contribution in [0.25, 0.3) is 0 Å². The normalized spacial score (nSPS) is 15.3. The van der Waals surface area contributed by atoms with Gasteiger partial charge >= 0.3 is 12.3 Å². The number of halogens is 5. The summed E-state index contributed by atoms with van der Waals surface area (Å²) in [6.07, 6.45) is -5.54. The van der Waals surface area contributed by atoms with Crippen molar-refractivity contribution in [1.29, 1.82) is 0 Å². The molecule has 1 aromatic rings. The van der Waals surface area contributed by atoms with E-state index in [1.165, 1.54) is 12.1 Å². The monoisotopic (exact) mass is 310 g/mol. The number of rotatable bonds is 7. The van der Waals surface area contributed by atoms with Crippen LogP contribution in [0.3, 0.4) is 0 Å². The second-order valence-corrected chi connectivity index (χ2v) is 5.07. The highest BCUT2D eigenvalue weighted by Gasteiger charge is 2.43. The molecule has 0 amide bonds. The molecule has 0 bridgehead atoms. The second-order valence-electron chi connectivity index (χ2n) is 5.07. The van der Waals surface area contributed by atoms with E-state index >= 15 is 0 Å². The summed E-state index contributed by atoms with van der Waals surface area (Å²) in [5.74, 6) is -4.81. The second kappa shape index (κ2) is 7.20. The fraction of sp³-hybridized carbons (Fsp3) is 0.600. The largest absolute Gasteiger partial charge is 0.377 e. The molecule has 2 atom stereocenters. The van der Waals surface area contributed by atoms with Crippen LogP contribution in [-0.2, 0) is 4.74 Å². The molecule has 0 radical (unpaired) electrons. The minimum atomic E-state index is -4.18. The summed E-state index contributed by atoms with van der Waals surface area (Å²) in [7, 11) is 1.15. The van der Waals surface area contributed by atoms with Crippen LogP contribution in [0.1, 0.15) is 49.8 Å². The third-order valence-electron chi connectivity index (χ3n) is 3.60. The van der Waals surface area contributed by atoms with Crippen molar-refractivity contribution in [1.82, 2.24) is 0 Å².